The van der Waals surface area contributed by atoms with Crippen molar-refractivity contribution in [3.8, 4) is 0 Å². The molecule has 0 radical (unpaired) electrons. The number of benzene rings is 1. The number of nitrogens with two attached hydrogens (primary N) is 1. The summed E-state index contributed by atoms with van der Waals surface area (Å²) in [6.45, 7) is 3.63. The maximum atomic E-state index is 5.72. The quantitative estimate of drug-likeness (QED) is 0.640. The number of hydrogen-bond donors (Lipinski definition) is 1. The Morgan fingerprint density at radius 3 is 2.36 bits per heavy atom. The third-order valence-corrected chi connectivity index (χ3v) is 2.23. The van der Waals surface area contributed by atoms with Crippen LogP contribution in [0, 0.1) is 3.57 Å². The van der Waals surface area contributed by atoms with Gasteiger partial charge in [-0.3, -0.25) is 0 Å². The first-order valence-corrected chi connectivity index (χ1v) is 4.45. The molecule has 0 bridgehead atoms. The van der Waals surface area contributed by atoms with Crippen LogP contribution in [0.1, 0.15) is 11.6 Å². The van der Waals surface area contributed by atoms with Crippen molar-refractivity contribution in [3.63, 3.8) is 0 Å². The highest BCUT2D eigenvalue weighted by atomic mass is 127. The number of halogens is 1. The van der Waals surface area contributed by atoms with E-state index in [4.69, 9.17) is 5.73 Å². The molecule has 0 aliphatic rings. The van der Waals surface area contributed by atoms with E-state index in [-0.39, 0.29) is 6.04 Å². The van der Waals surface area contributed by atoms with Gasteiger partial charge >= 0.3 is 0 Å². The lowest BCUT2D eigenvalue weighted by atomic mass is 10.1. The van der Waals surface area contributed by atoms with Gasteiger partial charge < -0.3 is 5.73 Å². The maximum Gasteiger partial charge on any atom is 0.0478 e. The van der Waals surface area contributed by atoms with E-state index >= 15 is 0 Å². The van der Waals surface area contributed by atoms with Gasteiger partial charge in [0.1, 0.15) is 0 Å². The highest BCUT2D eigenvalue weighted by Gasteiger charge is 1.98. The molecule has 0 unspecified atom stereocenters. The van der Waals surface area contributed by atoms with Crippen LogP contribution in [0.15, 0.2) is 36.9 Å². The van der Waals surface area contributed by atoms with Crippen LogP contribution in [0.25, 0.3) is 0 Å². The largest absolute Gasteiger partial charge is 0.321 e. The molecule has 1 atom stereocenters. The first-order chi connectivity index (χ1) is 5.24. The average Bonchev–Trinajstić information content (AvgIpc) is 2.05. The normalized spacial score (nSPS) is 12.5. The maximum absolute atomic E-state index is 5.72. The van der Waals surface area contributed by atoms with E-state index in [0.29, 0.717) is 0 Å². The molecule has 0 aliphatic carbocycles. The van der Waals surface area contributed by atoms with Crippen molar-refractivity contribution in [2.24, 2.45) is 5.73 Å². The summed E-state index contributed by atoms with van der Waals surface area (Å²) in [5.41, 5.74) is 6.84. The zero-order chi connectivity index (χ0) is 8.27. The minimum atomic E-state index is -0.0352. The molecule has 0 heterocycles. The monoisotopic (exact) mass is 259 g/mol. The number of hydrogen-bond acceptors (Lipinski definition) is 1. The first-order valence-electron chi connectivity index (χ1n) is 3.37. The molecule has 58 valence electrons. The topological polar surface area (TPSA) is 26.0 Å². The fraction of sp³-hybridized carbons (Fsp3) is 0.111. The molecule has 1 nitrogen and oxygen atoms in total. The second-order valence-electron chi connectivity index (χ2n) is 2.31. The zero-order valence-corrected chi connectivity index (χ0v) is 8.28. The Bertz CT molecular complexity index is 240. The summed E-state index contributed by atoms with van der Waals surface area (Å²) < 4.78 is 1.22. The van der Waals surface area contributed by atoms with Crippen molar-refractivity contribution in [2.45, 2.75) is 6.04 Å². The Morgan fingerprint density at radius 2 is 1.91 bits per heavy atom. The van der Waals surface area contributed by atoms with Crippen molar-refractivity contribution in [1.82, 2.24) is 0 Å². The molecule has 0 fully saturated rings. The van der Waals surface area contributed by atoms with Crippen molar-refractivity contribution >= 4 is 22.6 Å². The minimum absolute atomic E-state index is 0.0352. The summed E-state index contributed by atoms with van der Waals surface area (Å²) in [5, 5.41) is 0. The van der Waals surface area contributed by atoms with E-state index in [1.165, 1.54) is 3.57 Å². The Morgan fingerprint density at radius 1 is 1.36 bits per heavy atom. The molecule has 0 saturated heterocycles. The lowest BCUT2D eigenvalue weighted by molar-refractivity contribution is 0.914. The van der Waals surface area contributed by atoms with Crippen LogP contribution >= 0.6 is 22.6 Å². The van der Waals surface area contributed by atoms with Gasteiger partial charge in [0, 0.05) is 9.61 Å². The fourth-order valence-corrected chi connectivity index (χ4v) is 1.18. The van der Waals surface area contributed by atoms with Gasteiger partial charge in [0.25, 0.3) is 0 Å². The predicted molar refractivity (Wildman–Crippen MR) is 56.3 cm³/mol. The summed E-state index contributed by atoms with van der Waals surface area (Å²) in [6, 6.07) is 8.09. The molecule has 1 aromatic carbocycles. The van der Waals surface area contributed by atoms with E-state index in [1.807, 2.05) is 24.3 Å². The molecular formula is C9H10IN. The standard InChI is InChI=1S/C9H10IN/c1-2-9(11)7-3-5-8(10)6-4-7/h2-6,9H,1,11H2/t9-/m1/s1. The molecule has 0 aromatic heterocycles. The molecule has 1 aromatic rings. The first kappa shape index (κ1) is 8.74. The van der Waals surface area contributed by atoms with Crippen LogP contribution in [0.4, 0.5) is 0 Å². The van der Waals surface area contributed by atoms with Crippen molar-refractivity contribution in [2.75, 3.05) is 0 Å². The third-order valence-electron chi connectivity index (χ3n) is 1.51. The molecule has 0 amide bonds. The van der Waals surface area contributed by atoms with Gasteiger partial charge in [-0.05, 0) is 40.3 Å². The third kappa shape index (κ3) is 2.31. The van der Waals surface area contributed by atoms with Gasteiger partial charge in [-0.1, -0.05) is 18.2 Å². The van der Waals surface area contributed by atoms with Crippen LogP contribution in [0.5, 0.6) is 0 Å². The lowest BCUT2D eigenvalue weighted by Crippen LogP contribution is -2.05. The molecule has 2 N–H and O–H groups in total. The van der Waals surface area contributed by atoms with Crippen molar-refractivity contribution < 1.29 is 0 Å². The highest BCUT2D eigenvalue weighted by molar-refractivity contribution is 14.1. The Kier molecular flexibility index (Phi) is 3.08. The Labute approximate surface area is 80.4 Å². The second-order valence-corrected chi connectivity index (χ2v) is 3.56. The van der Waals surface area contributed by atoms with Gasteiger partial charge in [-0.2, -0.15) is 0 Å². The van der Waals surface area contributed by atoms with Gasteiger partial charge in [-0.25, -0.2) is 0 Å². The van der Waals surface area contributed by atoms with Gasteiger partial charge in [-0.15, -0.1) is 6.58 Å². The summed E-state index contributed by atoms with van der Waals surface area (Å²) >= 11 is 2.27. The SMILES string of the molecule is C=C[C@@H](N)c1ccc(I)cc1. The van der Waals surface area contributed by atoms with Crippen LogP contribution in [-0.4, -0.2) is 0 Å². The van der Waals surface area contributed by atoms with Crippen LogP contribution in [-0.2, 0) is 0 Å². The summed E-state index contributed by atoms with van der Waals surface area (Å²) in [4.78, 5) is 0. The average molecular weight is 259 g/mol. The predicted octanol–water partition coefficient (Wildman–Crippen LogP) is 2.48. The Balaban J connectivity index is 2.89. The van der Waals surface area contributed by atoms with Crippen LogP contribution in [0.3, 0.4) is 0 Å². The van der Waals surface area contributed by atoms with Gasteiger partial charge in [0.05, 0.1) is 0 Å². The zero-order valence-electron chi connectivity index (χ0n) is 6.13. The van der Waals surface area contributed by atoms with E-state index < -0.39 is 0 Å². The van der Waals surface area contributed by atoms with Gasteiger partial charge in [0.15, 0.2) is 0 Å². The van der Waals surface area contributed by atoms with Crippen molar-refractivity contribution in [3.05, 3.63) is 46.1 Å². The second kappa shape index (κ2) is 3.88. The molecule has 0 aliphatic heterocycles. The minimum Gasteiger partial charge on any atom is -0.321 e. The summed E-state index contributed by atoms with van der Waals surface area (Å²) in [7, 11) is 0. The van der Waals surface area contributed by atoms with E-state index in [2.05, 4.69) is 29.2 Å². The highest BCUT2D eigenvalue weighted by Crippen LogP contribution is 2.12. The Hall–Kier alpha value is -0.350. The molecule has 2 heteroatoms. The van der Waals surface area contributed by atoms with E-state index in [0.717, 1.165) is 5.56 Å². The molecular weight excluding hydrogens is 249 g/mol. The van der Waals surface area contributed by atoms with Crippen LogP contribution < -0.4 is 5.73 Å². The van der Waals surface area contributed by atoms with E-state index in [1.54, 1.807) is 6.08 Å². The smallest absolute Gasteiger partial charge is 0.0478 e. The molecule has 0 saturated carbocycles. The fourth-order valence-electron chi connectivity index (χ4n) is 0.821. The number of rotatable bonds is 2. The van der Waals surface area contributed by atoms with E-state index in [9.17, 15) is 0 Å². The molecule has 11 heavy (non-hydrogen) atoms. The van der Waals surface area contributed by atoms with Crippen molar-refractivity contribution in [1.29, 1.82) is 0 Å². The van der Waals surface area contributed by atoms with Crippen LogP contribution in [0.2, 0.25) is 0 Å². The molecule has 1 rings (SSSR count). The summed E-state index contributed by atoms with van der Waals surface area (Å²) in [5.74, 6) is 0. The van der Waals surface area contributed by atoms with Gasteiger partial charge in [0.2, 0.25) is 0 Å². The summed E-state index contributed by atoms with van der Waals surface area (Å²) in [6.07, 6.45) is 1.74. The lowest BCUT2D eigenvalue weighted by Gasteiger charge is -2.05. The molecule has 0 spiro atoms.